The lowest BCUT2D eigenvalue weighted by Crippen LogP contribution is -2.60. The van der Waals surface area contributed by atoms with Crippen LogP contribution in [0.3, 0.4) is 0 Å². The molecule has 0 bridgehead atoms. The molecular formula is C21H22N8. The average Bonchev–Trinajstić information content (AvgIpc) is 3.35. The first-order valence-electron chi connectivity index (χ1n) is 9.92. The fourth-order valence-corrected chi connectivity index (χ4v) is 4.89. The molecule has 4 aromatic rings. The van der Waals surface area contributed by atoms with E-state index in [1.54, 1.807) is 0 Å². The summed E-state index contributed by atoms with van der Waals surface area (Å²) >= 11 is 0. The SMILES string of the molecule is CN1CC2(CC(n3cc(Nc4ncc5ccc(-c6cn[nH]c6)cc5n4)cn3)C2)C1. The molecule has 146 valence electrons. The molecule has 4 heterocycles. The van der Waals surface area contributed by atoms with Gasteiger partial charge in [-0.05, 0) is 36.9 Å². The second kappa shape index (κ2) is 6.12. The van der Waals surface area contributed by atoms with E-state index in [0.29, 0.717) is 17.4 Å². The summed E-state index contributed by atoms with van der Waals surface area (Å²) in [4.78, 5) is 11.5. The molecule has 0 amide bonds. The number of aromatic nitrogens is 6. The summed E-state index contributed by atoms with van der Waals surface area (Å²) in [5.74, 6) is 0.576. The van der Waals surface area contributed by atoms with Crippen LogP contribution >= 0.6 is 0 Å². The van der Waals surface area contributed by atoms with Crippen LogP contribution in [0, 0.1) is 5.41 Å². The topological polar surface area (TPSA) is 87.5 Å². The summed E-state index contributed by atoms with van der Waals surface area (Å²) in [7, 11) is 2.19. The monoisotopic (exact) mass is 386 g/mol. The van der Waals surface area contributed by atoms with Crippen LogP contribution in [0.5, 0.6) is 0 Å². The van der Waals surface area contributed by atoms with Crippen molar-refractivity contribution >= 4 is 22.5 Å². The molecule has 1 saturated carbocycles. The Morgan fingerprint density at radius 1 is 1.14 bits per heavy atom. The zero-order valence-corrected chi connectivity index (χ0v) is 16.2. The highest BCUT2D eigenvalue weighted by Gasteiger charge is 2.51. The van der Waals surface area contributed by atoms with Crippen LogP contribution in [0.15, 0.2) is 49.2 Å². The van der Waals surface area contributed by atoms with Gasteiger partial charge in [0.15, 0.2) is 0 Å². The highest BCUT2D eigenvalue weighted by molar-refractivity contribution is 5.84. The maximum atomic E-state index is 4.69. The molecule has 29 heavy (non-hydrogen) atoms. The van der Waals surface area contributed by atoms with Gasteiger partial charge in [-0.15, -0.1) is 0 Å². The van der Waals surface area contributed by atoms with E-state index in [1.807, 2.05) is 30.9 Å². The van der Waals surface area contributed by atoms with Crippen molar-refractivity contribution in [2.45, 2.75) is 18.9 Å². The van der Waals surface area contributed by atoms with Crippen molar-refractivity contribution in [3.8, 4) is 11.1 Å². The van der Waals surface area contributed by atoms with Crippen molar-refractivity contribution in [3.63, 3.8) is 0 Å². The first-order valence-corrected chi connectivity index (χ1v) is 9.92. The molecule has 2 N–H and O–H groups in total. The van der Waals surface area contributed by atoms with Crippen LogP contribution in [0.4, 0.5) is 11.6 Å². The molecule has 2 aliphatic rings. The lowest BCUT2D eigenvalue weighted by molar-refractivity contribution is -0.0786. The molecule has 0 unspecified atom stereocenters. The first-order chi connectivity index (χ1) is 14.2. The predicted octanol–water partition coefficient (Wildman–Crippen LogP) is 3.23. The van der Waals surface area contributed by atoms with Gasteiger partial charge in [-0.1, -0.05) is 12.1 Å². The third kappa shape index (κ3) is 2.87. The van der Waals surface area contributed by atoms with Crippen LogP contribution < -0.4 is 5.32 Å². The smallest absolute Gasteiger partial charge is 0.227 e. The lowest BCUT2D eigenvalue weighted by atomic mass is 9.61. The number of likely N-dealkylation sites (tertiary alicyclic amines) is 1. The first kappa shape index (κ1) is 16.7. The largest absolute Gasteiger partial charge is 0.321 e. The number of nitrogens with zero attached hydrogens (tertiary/aromatic N) is 6. The van der Waals surface area contributed by atoms with Gasteiger partial charge in [-0.2, -0.15) is 10.2 Å². The number of nitrogens with one attached hydrogen (secondary N) is 2. The Kier molecular flexibility index (Phi) is 3.52. The second-order valence-corrected chi connectivity index (χ2v) is 8.52. The molecule has 8 nitrogen and oxygen atoms in total. The van der Waals surface area contributed by atoms with Crippen LogP contribution in [-0.4, -0.2) is 55.0 Å². The van der Waals surface area contributed by atoms with Gasteiger partial charge in [-0.3, -0.25) is 9.78 Å². The van der Waals surface area contributed by atoms with Crippen molar-refractivity contribution in [1.29, 1.82) is 0 Å². The quantitative estimate of drug-likeness (QED) is 0.560. The number of rotatable bonds is 4. The fourth-order valence-electron chi connectivity index (χ4n) is 4.89. The minimum atomic E-state index is 0.509. The van der Waals surface area contributed by atoms with Gasteiger partial charge in [-0.25, -0.2) is 9.97 Å². The van der Waals surface area contributed by atoms with Crippen LogP contribution in [0.25, 0.3) is 22.0 Å². The summed E-state index contributed by atoms with van der Waals surface area (Å²) in [5, 5.41) is 15.7. The van der Waals surface area contributed by atoms with Crippen LogP contribution in [-0.2, 0) is 0 Å². The van der Waals surface area contributed by atoms with E-state index in [1.165, 1.54) is 25.9 Å². The predicted molar refractivity (Wildman–Crippen MR) is 111 cm³/mol. The second-order valence-electron chi connectivity index (χ2n) is 8.52. The van der Waals surface area contributed by atoms with Gasteiger partial charge in [0.1, 0.15) is 0 Å². The van der Waals surface area contributed by atoms with E-state index in [0.717, 1.165) is 27.7 Å². The Morgan fingerprint density at radius 3 is 2.83 bits per heavy atom. The molecule has 1 spiro atoms. The van der Waals surface area contributed by atoms with Gasteiger partial charge in [0, 0.05) is 42.6 Å². The number of anilines is 2. The Morgan fingerprint density at radius 2 is 2.03 bits per heavy atom. The Bertz CT molecular complexity index is 1160. The highest BCUT2D eigenvalue weighted by Crippen LogP contribution is 2.53. The number of H-pyrrole nitrogens is 1. The van der Waals surface area contributed by atoms with Crippen molar-refractivity contribution in [1.82, 2.24) is 34.8 Å². The lowest BCUT2D eigenvalue weighted by Gasteiger charge is -2.58. The molecule has 1 aliphatic carbocycles. The molecule has 0 radical (unpaired) electrons. The maximum absolute atomic E-state index is 4.69. The van der Waals surface area contributed by atoms with Gasteiger partial charge in [0.05, 0.1) is 29.6 Å². The Hall–Kier alpha value is -3.26. The number of benzene rings is 1. The van der Waals surface area contributed by atoms with Crippen LogP contribution in [0.2, 0.25) is 0 Å². The molecule has 6 rings (SSSR count). The fraction of sp³-hybridized carbons (Fsp3) is 0.333. The maximum Gasteiger partial charge on any atom is 0.227 e. The average molecular weight is 386 g/mol. The summed E-state index contributed by atoms with van der Waals surface area (Å²) < 4.78 is 2.09. The van der Waals surface area contributed by atoms with E-state index < -0.39 is 0 Å². The van der Waals surface area contributed by atoms with Crippen LogP contribution in [0.1, 0.15) is 18.9 Å². The molecule has 8 heteroatoms. The summed E-state index contributed by atoms with van der Waals surface area (Å²) in [5.41, 5.74) is 4.47. The molecule has 1 aliphatic heterocycles. The standard InChI is InChI=1S/C21H22N8/c1-28-12-21(13-28)5-18(6-21)29-11-17(10-25-29)26-20-22-7-15-3-2-14(4-19(15)27-20)16-8-23-24-9-16/h2-4,7-11,18H,5-6,12-13H2,1H3,(H,23,24)(H,22,26,27). The number of fused-ring (bicyclic) bond motifs is 1. The van der Waals surface area contributed by atoms with Crippen molar-refractivity contribution in [3.05, 3.63) is 49.2 Å². The number of hydrogen-bond donors (Lipinski definition) is 2. The van der Waals surface area contributed by atoms with Crippen molar-refractivity contribution < 1.29 is 0 Å². The molecule has 1 aromatic carbocycles. The summed E-state index contributed by atoms with van der Waals surface area (Å²) in [6, 6.07) is 6.65. The number of aromatic amines is 1. The molecule has 3 aromatic heterocycles. The summed E-state index contributed by atoms with van der Waals surface area (Å²) in [6.07, 6.45) is 11.9. The van der Waals surface area contributed by atoms with Gasteiger partial charge >= 0.3 is 0 Å². The van der Waals surface area contributed by atoms with E-state index in [2.05, 4.69) is 65.5 Å². The molecule has 1 saturated heterocycles. The Balaban J connectivity index is 1.19. The van der Waals surface area contributed by atoms with Crippen molar-refractivity contribution in [2.24, 2.45) is 5.41 Å². The van der Waals surface area contributed by atoms with Crippen molar-refractivity contribution in [2.75, 3.05) is 25.5 Å². The van der Waals surface area contributed by atoms with E-state index in [-0.39, 0.29) is 0 Å². The Labute approximate surface area is 168 Å². The molecular weight excluding hydrogens is 364 g/mol. The van der Waals surface area contributed by atoms with E-state index in [9.17, 15) is 0 Å². The minimum absolute atomic E-state index is 0.509. The van der Waals surface area contributed by atoms with Gasteiger partial charge in [0.2, 0.25) is 5.95 Å². The highest BCUT2D eigenvalue weighted by atomic mass is 15.3. The third-order valence-corrected chi connectivity index (χ3v) is 6.19. The van der Waals surface area contributed by atoms with E-state index in [4.69, 9.17) is 0 Å². The molecule has 0 atom stereocenters. The van der Waals surface area contributed by atoms with Gasteiger partial charge < -0.3 is 10.2 Å². The molecule has 2 fully saturated rings. The zero-order valence-electron chi connectivity index (χ0n) is 16.2. The number of hydrogen-bond acceptors (Lipinski definition) is 6. The minimum Gasteiger partial charge on any atom is -0.321 e. The van der Waals surface area contributed by atoms with E-state index >= 15 is 0 Å². The zero-order chi connectivity index (χ0) is 19.4. The normalized spacial score (nSPS) is 18.7. The summed E-state index contributed by atoms with van der Waals surface area (Å²) in [6.45, 7) is 2.45. The van der Waals surface area contributed by atoms with Gasteiger partial charge in [0.25, 0.3) is 0 Å². The third-order valence-electron chi connectivity index (χ3n) is 6.19.